The number of ether oxygens (including phenoxy) is 1. The van der Waals surface area contributed by atoms with Crippen LogP contribution in [0.4, 0.5) is 0 Å². The van der Waals surface area contributed by atoms with E-state index < -0.39 is 6.10 Å². The van der Waals surface area contributed by atoms with Gasteiger partial charge in [0.05, 0.1) is 12.6 Å². The third-order valence-electron chi connectivity index (χ3n) is 2.30. The molecular formula is C13H19NO3. The number of para-hydroxylation sites is 1. The maximum atomic E-state index is 11.3. The average Bonchev–Trinajstić information content (AvgIpc) is 2.28. The fourth-order valence-electron chi connectivity index (χ4n) is 1.49. The third kappa shape index (κ3) is 5.36. The van der Waals surface area contributed by atoms with E-state index in [1.165, 1.54) is 6.92 Å². The summed E-state index contributed by atoms with van der Waals surface area (Å²) in [5.41, 5.74) is 0. The van der Waals surface area contributed by atoms with Gasteiger partial charge in [0.1, 0.15) is 12.4 Å². The van der Waals surface area contributed by atoms with E-state index in [2.05, 4.69) is 0 Å². The molecule has 1 atom stereocenters. The minimum Gasteiger partial charge on any atom is -0.492 e. The van der Waals surface area contributed by atoms with Gasteiger partial charge in [0.15, 0.2) is 0 Å². The summed E-state index contributed by atoms with van der Waals surface area (Å²) < 4.78 is 5.49. The van der Waals surface area contributed by atoms with Crippen LogP contribution in [0, 0.1) is 0 Å². The van der Waals surface area contributed by atoms with E-state index >= 15 is 0 Å². The summed E-state index contributed by atoms with van der Waals surface area (Å²) in [7, 11) is 0. The van der Waals surface area contributed by atoms with E-state index in [4.69, 9.17) is 4.74 Å². The molecule has 1 aromatic rings. The van der Waals surface area contributed by atoms with Gasteiger partial charge in [0, 0.05) is 13.5 Å². The molecule has 0 radical (unpaired) electrons. The number of carbonyl (C=O) groups is 1. The highest BCUT2D eigenvalue weighted by atomic mass is 16.5. The normalized spacial score (nSPS) is 11.9. The Hall–Kier alpha value is -1.55. The van der Waals surface area contributed by atoms with Crippen LogP contribution in [-0.2, 0) is 4.79 Å². The standard InChI is InChI=1S/C13H19NO3/c1-11(15)10-14(12(2)16)8-9-17-13-6-4-3-5-7-13/h3-7,11,15H,8-10H2,1-2H3/t11-/m1/s1. The topological polar surface area (TPSA) is 49.8 Å². The van der Waals surface area contributed by atoms with Crippen LogP contribution in [0.15, 0.2) is 30.3 Å². The van der Waals surface area contributed by atoms with Gasteiger partial charge in [-0.3, -0.25) is 4.79 Å². The summed E-state index contributed by atoms with van der Waals surface area (Å²) >= 11 is 0. The predicted octanol–water partition coefficient (Wildman–Crippen LogP) is 1.29. The van der Waals surface area contributed by atoms with Gasteiger partial charge >= 0.3 is 0 Å². The molecule has 1 N–H and O–H groups in total. The summed E-state index contributed by atoms with van der Waals surface area (Å²) in [6.45, 7) is 4.40. The molecule has 0 bridgehead atoms. The summed E-state index contributed by atoms with van der Waals surface area (Å²) in [6, 6.07) is 9.45. The minimum absolute atomic E-state index is 0.0532. The molecule has 0 aliphatic heterocycles. The monoisotopic (exact) mass is 237 g/mol. The summed E-state index contributed by atoms with van der Waals surface area (Å²) in [5, 5.41) is 9.25. The summed E-state index contributed by atoms with van der Waals surface area (Å²) in [4.78, 5) is 12.9. The first-order chi connectivity index (χ1) is 8.09. The Labute approximate surface area is 102 Å². The van der Waals surface area contributed by atoms with Crippen molar-refractivity contribution in [3.05, 3.63) is 30.3 Å². The van der Waals surface area contributed by atoms with Crippen LogP contribution in [0.25, 0.3) is 0 Å². The molecule has 0 aliphatic carbocycles. The van der Waals surface area contributed by atoms with E-state index in [9.17, 15) is 9.90 Å². The molecule has 0 saturated heterocycles. The van der Waals surface area contributed by atoms with Gasteiger partial charge in [-0.05, 0) is 19.1 Å². The van der Waals surface area contributed by atoms with Crippen LogP contribution in [-0.4, -0.2) is 41.7 Å². The van der Waals surface area contributed by atoms with E-state index in [1.54, 1.807) is 11.8 Å². The molecule has 0 saturated carbocycles. The number of nitrogens with zero attached hydrogens (tertiary/aromatic N) is 1. The summed E-state index contributed by atoms with van der Waals surface area (Å²) in [5.74, 6) is 0.732. The Morgan fingerprint density at radius 1 is 1.41 bits per heavy atom. The van der Waals surface area contributed by atoms with Gasteiger partial charge in [-0.1, -0.05) is 18.2 Å². The fourth-order valence-corrected chi connectivity index (χ4v) is 1.49. The molecule has 4 heteroatoms. The number of rotatable bonds is 6. The third-order valence-corrected chi connectivity index (χ3v) is 2.30. The second-order valence-electron chi connectivity index (χ2n) is 3.98. The van der Waals surface area contributed by atoms with Crippen molar-refractivity contribution >= 4 is 5.91 Å². The number of amides is 1. The van der Waals surface area contributed by atoms with Gasteiger partial charge < -0.3 is 14.7 Å². The van der Waals surface area contributed by atoms with Crippen LogP contribution in [0.5, 0.6) is 5.75 Å². The SMILES string of the molecule is CC(=O)N(CCOc1ccccc1)C[C@@H](C)O. The van der Waals surface area contributed by atoms with Crippen molar-refractivity contribution in [1.29, 1.82) is 0 Å². The lowest BCUT2D eigenvalue weighted by Crippen LogP contribution is -2.37. The molecule has 0 unspecified atom stereocenters. The number of aliphatic hydroxyl groups is 1. The fraction of sp³-hybridized carbons (Fsp3) is 0.462. The second kappa shape index (κ2) is 6.91. The lowest BCUT2D eigenvalue weighted by molar-refractivity contribution is -0.130. The lowest BCUT2D eigenvalue weighted by Gasteiger charge is -2.22. The zero-order valence-corrected chi connectivity index (χ0v) is 10.3. The van der Waals surface area contributed by atoms with Crippen LogP contribution >= 0.6 is 0 Å². The van der Waals surface area contributed by atoms with Crippen molar-refractivity contribution in [2.75, 3.05) is 19.7 Å². The van der Waals surface area contributed by atoms with Gasteiger partial charge in [0.2, 0.25) is 5.91 Å². The van der Waals surface area contributed by atoms with Crippen LogP contribution in [0.3, 0.4) is 0 Å². The van der Waals surface area contributed by atoms with E-state index in [0.717, 1.165) is 5.75 Å². The van der Waals surface area contributed by atoms with Gasteiger partial charge in [-0.25, -0.2) is 0 Å². The van der Waals surface area contributed by atoms with Gasteiger partial charge in [0.25, 0.3) is 0 Å². The molecule has 1 rings (SSSR count). The second-order valence-corrected chi connectivity index (χ2v) is 3.98. The zero-order valence-electron chi connectivity index (χ0n) is 10.3. The maximum absolute atomic E-state index is 11.3. The van der Waals surface area contributed by atoms with Crippen molar-refractivity contribution in [1.82, 2.24) is 4.90 Å². The number of hydrogen-bond acceptors (Lipinski definition) is 3. The van der Waals surface area contributed by atoms with Crippen LogP contribution in [0.2, 0.25) is 0 Å². The lowest BCUT2D eigenvalue weighted by atomic mass is 10.3. The Kier molecular flexibility index (Phi) is 5.49. The van der Waals surface area contributed by atoms with E-state index in [0.29, 0.717) is 19.7 Å². The first kappa shape index (κ1) is 13.5. The molecule has 17 heavy (non-hydrogen) atoms. The number of aliphatic hydroxyl groups excluding tert-OH is 1. The Morgan fingerprint density at radius 2 is 2.06 bits per heavy atom. The molecular weight excluding hydrogens is 218 g/mol. The quantitative estimate of drug-likeness (QED) is 0.811. The largest absolute Gasteiger partial charge is 0.492 e. The highest BCUT2D eigenvalue weighted by molar-refractivity contribution is 5.73. The highest BCUT2D eigenvalue weighted by Gasteiger charge is 2.10. The molecule has 1 aromatic carbocycles. The molecule has 94 valence electrons. The van der Waals surface area contributed by atoms with Crippen LogP contribution < -0.4 is 4.74 Å². The number of benzene rings is 1. The van der Waals surface area contributed by atoms with Crippen molar-refractivity contribution in [2.24, 2.45) is 0 Å². The van der Waals surface area contributed by atoms with E-state index in [-0.39, 0.29) is 5.91 Å². The minimum atomic E-state index is -0.518. The molecule has 1 amide bonds. The molecule has 0 heterocycles. The average molecular weight is 237 g/mol. The first-order valence-electron chi connectivity index (χ1n) is 5.71. The van der Waals surface area contributed by atoms with Crippen molar-refractivity contribution in [3.63, 3.8) is 0 Å². The molecule has 0 fully saturated rings. The molecule has 4 nitrogen and oxygen atoms in total. The van der Waals surface area contributed by atoms with Crippen LogP contribution in [0.1, 0.15) is 13.8 Å². The Morgan fingerprint density at radius 3 is 2.59 bits per heavy atom. The van der Waals surface area contributed by atoms with E-state index in [1.807, 2.05) is 30.3 Å². The van der Waals surface area contributed by atoms with Crippen molar-refractivity contribution in [3.8, 4) is 5.75 Å². The number of hydrogen-bond donors (Lipinski definition) is 1. The number of carbonyl (C=O) groups excluding carboxylic acids is 1. The molecule has 0 aromatic heterocycles. The Bertz CT molecular complexity index is 338. The summed E-state index contributed by atoms with van der Waals surface area (Å²) in [6.07, 6.45) is -0.518. The van der Waals surface area contributed by atoms with Gasteiger partial charge in [-0.15, -0.1) is 0 Å². The van der Waals surface area contributed by atoms with Gasteiger partial charge in [-0.2, -0.15) is 0 Å². The maximum Gasteiger partial charge on any atom is 0.219 e. The highest BCUT2D eigenvalue weighted by Crippen LogP contribution is 2.08. The van der Waals surface area contributed by atoms with Crippen molar-refractivity contribution < 1.29 is 14.6 Å². The Balaban J connectivity index is 2.35. The predicted molar refractivity (Wildman–Crippen MR) is 65.9 cm³/mol. The molecule has 0 spiro atoms. The van der Waals surface area contributed by atoms with Crippen molar-refractivity contribution in [2.45, 2.75) is 20.0 Å². The zero-order chi connectivity index (χ0) is 12.7. The molecule has 0 aliphatic rings. The first-order valence-corrected chi connectivity index (χ1v) is 5.71. The smallest absolute Gasteiger partial charge is 0.219 e.